The number of hydrogen-bond donors (Lipinski definition) is 1. The van der Waals surface area contributed by atoms with E-state index in [0.29, 0.717) is 12.5 Å². The van der Waals surface area contributed by atoms with Gasteiger partial charge in [-0.25, -0.2) is 0 Å². The van der Waals surface area contributed by atoms with E-state index in [0.717, 1.165) is 12.8 Å². The molecule has 128 valence electrons. The van der Waals surface area contributed by atoms with Gasteiger partial charge >= 0.3 is 0 Å². The van der Waals surface area contributed by atoms with Gasteiger partial charge in [0.25, 0.3) is 0 Å². The van der Waals surface area contributed by atoms with Gasteiger partial charge in [0, 0.05) is 4.75 Å². The first-order chi connectivity index (χ1) is 11.4. The van der Waals surface area contributed by atoms with Crippen molar-refractivity contribution in [2.45, 2.75) is 44.0 Å². The summed E-state index contributed by atoms with van der Waals surface area (Å²) in [5, 5.41) is 10.1. The fourth-order valence-electron chi connectivity index (χ4n) is 3.03. The highest BCUT2D eigenvalue weighted by Crippen LogP contribution is 2.44. The Morgan fingerprint density at radius 2 is 1.75 bits per heavy atom. The lowest BCUT2D eigenvalue weighted by molar-refractivity contribution is 0.0818. The summed E-state index contributed by atoms with van der Waals surface area (Å²) >= 11 is 1.49. The van der Waals surface area contributed by atoms with Crippen molar-refractivity contribution in [1.82, 2.24) is 0 Å². The van der Waals surface area contributed by atoms with Gasteiger partial charge in [-0.2, -0.15) is 0 Å². The average Bonchev–Trinajstić information content (AvgIpc) is 3.14. The molecular formula is C21H26O2S. The second-order valence-corrected chi connectivity index (χ2v) is 9.02. The van der Waals surface area contributed by atoms with Gasteiger partial charge in [0.05, 0.1) is 12.2 Å². The van der Waals surface area contributed by atoms with Gasteiger partial charge in [0.15, 0.2) is 0 Å². The molecule has 2 aromatic rings. The van der Waals surface area contributed by atoms with E-state index in [-0.39, 0.29) is 4.75 Å². The van der Waals surface area contributed by atoms with Crippen LogP contribution in [0.4, 0.5) is 0 Å². The van der Waals surface area contributed by atoms with Gasteiger partial charge < -0.3 is 9.29 Å². The van der Waals surface area contributed by atoms with Gasteiger partial charge in [0.2, 0.25) is 0 Å². The first-order valence-electron chi connectivity index (χ1n) is 8.56. The quantitative estimate of drug-likeness (QED) is 0.709. The molecule has 2 unspecified atom stereocenters. The summed E-state index contributed by atoms with van der Waals surface area (Å²) in [6.07, 6.45) is 1.77. The predicted molar refractivity (Wildman–Crippen MR) is 102 cm³/mol. The zero-order chi connectivity index (χ0) is 17.2. The van der Waals surface area contributed by atoms with Crippen LogP contribution in [0.15, 0.2) is 54.6 Å². The molecule has 2 nitrogen and oxygen atoms in total. The summed E-state index contributed by atoms with van der Waals surface area (Å²) in [6.45, 7) is 6.87. The Morgan fingerprint density at radius 1 is 1.12 bits per heavy atom. The van der Waals surface area contributed by atoms with Crippen LogP contribution in [0.2, 0.25) is 0 Å². The lowest BCUT2D eigenvalue weighted by Gasteiger charge is -2.25. The molecule has 2 aromatic carbocycles. The molecule has 0 aromatic heterocycles. The maximum Gasteiger partial charge on any atom is 0.0922 e. The zero-order valence-corrected chi connectivity index (χ0v) is 15.5. The first kappa shape index (κ1) is 17.5. The third kappa shape index (κ3) is 4.21. The highest BCUT2D eigenvalue weighted by molar-refractivity contribution is 7.96. The Kier molecular flexibility index (Phi) is 5.05. The summed E-state index contributed by atoms with van der Waals surface area (Å²) in [6, 6.07) is 19.1. The zero-order valence-electron chi connectivity index (χ0n) is 14.7. The highest BCUT2D eigenvalue weighted by Gasteiger charge is 2.50. The van der Waals surface area contributed by atoms with Crippen LogP contribution in [0.5, 0.6) is 0 Å². The molecule has 3 heteroatoms. The number of hydrogen-bond acceptors (Lipinski definition) is 3. The van der Waals surface area contributed by atoms with Crippen LogP contribution >= 0.6 is 12.0 Å². The topological polar surface area (TPSA) is 29.5 Å². The van der Waals surface area contributed by atoms with Crippen LogP contribution in [-0.4, -0.2) is 22.1 Å². The molecule has 0 bridgehead atoms. The Labute approximate surface area is 149 Å². The molecule has 1 fully saturated rings. The normalized spacial score (nSPS) is 23.2. The molecule has 1 saturated carbocycles. The van der Waals surface area contributed by atoms with E-state index < -0.39 is 5.60 Å². The SMILES string of the molecule is CC1CC1(O)COSC(C)(C)Cc1ccccc1-c1ccccc1. The summed E-state index contributed by atoms with van der Waals surface area (Å²) < 4.78 is 5.72. The van der Waals surface area contributed by atoms with Crippen molar-refractivity contribution >= 4 is 12.0 Å². The van der Waals surface area contributed by atoms with Gasteiger partial charge in [-0.05, 0) is 61.3 Å². The van der Waals surface area contributed by atoms with Crippen LogP contribution < -0.4 is 0 Å². The highest BCUT2D eigenvalue weighted by atomic mass is 32.2. The molecule has 0 saturated heterocycles. The smallest absolute Gasteiger partial charge is 0.0922 e. The molecule has 1 aliphatic carbocycles. The minimum Gasteiger partial charge on any atom is -0.387 e. The third-order valence-electron chi connectivity index (χ3n) is 4.73. The van der Waals surface area contributed by atoms with Crippen molar-refractivity contribution in [2.75, 3.05) is 6.61 Å². The average molecular weight is 343 g/mol. The van der Waals surface area contributed by atoms with Crippen molar-refractivity contribution in [2.24, 2.45) is 5.92 Å². The van der Waals surface area contributed by atoms with E-state index >= 15 is 0 Å². The van der Waals surface area contributed by atoms with E-state index in [1.165, 1.54) is 28.7 Å². The van der Waals surface area contributed by atoms with E-state index in [9.17, 15) is 5.11 Å². The van der Waals surface area contributed by atoms with Crippen LogP contribution in [0, 0.1) is 5.92 Å². The summed E-state index contributed by atoms with van der Waals surface area (Å²) in [4.78, 5) is 0. The Morgan fingerprint density at radius 3 is 2.42 bits per heavy atom. The summed E-state index contributed by atoms with van der Waals surface area (Å²) in [5.74, 6) is 0.361. The Balaban J connectivity index is 1.66. The van der Waals surface area contributed by atoms with Gasteiger partial charge in [-0.15, -0.1) is 0 Å². The summed E-state index contributed by atoms with van der Waals surface area (Å²) in [5.41, 5.74) is 3.26. The van der Waals surface area contributed by atoms with Crippen molar-refractivity contribution < 1.29 is 9.29 Å². The van der Waals surface area contributed by atoms with Crippen LogP contribution in [0.3, 0.4) is 0 Å². The standard InChI is InChI=1S/C21H26O2S/c1-16-13-21(16,22)15-23-24-20(2,3)14-18-11-7-8-12-19(18)17-9-5-4-6-10-17/h4-12,16,22H,13-15H2,1-3H3. The van der Waals surface area contributed by atoms with E-state index in [1.807, 2.05) is 6.07 Å². The molecule has 1 aliphatic rings. The van der Waals surface area contributed by atoms with Crippen molar-refractivity contribution in [3.05, 3.63) is 60.2 Å². The molecule has 0 spiro atoms. The van der Waals surface area contributed by atoms with E-state index in [2.05, 4.69) is 69.3 Å². The molecule has 0 amide bonds. The minimum absolute atomic E-state index is 0.0562. The van der Waals surface area contributed by atoms with Crippen LogP contribution in [0.1, 0.15) is 32.8 Å². The third-order valence-corrected chi connectivity index (χ3v) is 5.56. The lowest BCUT2D eigenvalue weighted by atomic mass is 9.93. The maximum atomic E-state index is 10.1. The molecule has 0 heterocycles. The molecule has 2 atom stereocenters. The van der Waals surface area contributed by atoms with Crippen LogP contribution in [-0.2, 0) is 10.6 Å². The second-order valence-electron chi connectivity index (χ2n) is 7.51. The fourth-order valence-corrected chi connectivity index (χ4v) is 3.82. The minimum atomic E-state index is -0.592. The molecule has 0 aliphatic heterocycles. The van der Waals surface area contributed by atoms with Crippen molar-refractivity contribution in [1.29, 1.82) is 0 Å². The van der Waals surface area contributed by atoms with Gasteiger partial charge in [-0.3, -0.25) is 0 Å². The monoisotopic (exact) mass is 342 g/mol. The van der Waals surface area contributed by atoms with Crippen LogP contribution in [0.25, 0.3) is 11.1 Å². The number of aliphatic hydroxyl groups is 1. The molecule has 1 N–H and O–H groups in total. The number of rotatable bonds is 7. The van der Waals surface area contributed by atoms with E-state index in [4.69, 9.17) is 4.18 Å². The Hall–Kier alpha value is -1.29. The molecular weight excluding hydrogens is 316 g/mol. The second kappa shape index (κ2) is 6.91. The lowest BCUT2D eigenvalue weighted by Crippen LogP contribution is -2.23. The predicted octanol–water partition coefficient (Wildman–Crippen LogP) is 5.11. The maximum absolute atomic E-state index is 10.1. The molecule has 0 radical (unpaired) electrons. The summed E-state index contributed by atoms with van der Waals surface area (Å²) in [7, 11) is 0. The first-order valence-corrected chi connectivity index (χ1v) is 9.30. The van der Waals surface area contributed by atoms with Gasteiger partial charge in [0.1, 0.15) is 0 Å². The van der Waals surface area contributed by atoms with Crippen molar-refractivity contribution in [3.8, 4) is 11.1 Å². The Bertz CT molecular complexity index is 683. The molecule has 24 heavy (non-hydrogen) atoms. The molecule has 3 rings (SSSR count). The fraction of sp³-hybridized carbons (Fsp3) is 0.429. The van der Waals surface area contributed by atoms with Gasteiger partial charge in [-0.1, -0.05) is 61.5 Å². The largest absolute Gasteiger partial charge is 0.387 e. The van der Waals surface area contributed by atoms with Crippen molar-refractivity contribution in [3.63, 3.8) is 0 Å². The van der Waals surface area contributed by atoms with E-state index in [1.54, 1.807) is 0 Å². The number of benzene rings is 2.